The maximum atomic E-state index is 12.4. The third kappa shape index (κ3) is 3.99. The second-order valence-electron chi connectivity index (χ2n) is 6.84. The summed E-state index contributed by atoms with van der Waals surface area (Å²) in [5.41, 5.74) is 3.49. The van der Waals surface area contributed by atoms with Gasteiger partial charge in [0, 0.05) is 25.2 Å². The zero-order chi connectivity index (χ0) is 17.8. The molecule has 2 heterocycles. The molecule has 0 spiro atoms. The van der Waals surface area contributed by atoms with Gasteiger partial charge in [0.1, 0.15) is 18.1 Å². The van der Waals surface area contributed by atoms with Crippen LogP contribution in [0.4, 0.5) is 0 Å². The molecule has 2 aliphatic rings. The van der Waals surface area contributed by atoms with Crippen molar-refractivity contribution in [2.45, 2.75) is 25.9 Å². The molecule has 2 aromatic carbocycles. The molecule has 0 saturated carbocycles. The molecule has 5 nitrogen and oxygen atoms in total. The molecule has 0 atom stereocenters. The quantitative estimate of drug-likeness (QED) is 0.919. The molecule has 2 aliphatic heterocycles. The van der Waals surface area contributed by atoms with Crippen LogP contribution in [0.5, 0.6) is 11.5 Å². The fourth-order valence-electron chi connectivity index (χ4n) is 3.50. The molecule has 0 saturated heterocycles. The van der Waals surface area contributed by atoms with E-state index in [1.165, 1.54) is 5.56 Å². The van der Waals surface area contributed by atoms with Crippen molar-refractivity contribution in [3.63, 3.8) is 0 Å². The van der Waals surface area contributed by atoms with Gasteiger partial charge in [-0.25, -0.2) is 0 Å². The van der Waals surface area contributed by atoms with Gasteiger partial charge in [0.25, 0.3) is 0 Å². The van der Waals surface area contributed by atoms with Crippen molar-refractivity contribution in [3.05, 3.63) is 59.2 Å². The van der Waals surface area contributed by atoms with Crippen molar-refractivity contribution < 1.29 is 14.3 Å². The van der Waals surface area contributed by atoms with Crippen LogP contribution in [0.1, 0.15) is 23.1 Å². The van der Waals surface area contributed by atoms with Gasteiger partial charge in [-0.05, 0) is 36.1 Å². The minimum absolute atomic E-state index is 0.0401. The van der Waals surface area contributed by atoms with Crippen LogP contribution in [0, 0.1) is 0 Å². The molecule has 0 bridgehead atoms. The minimum Gasteiger partial charge on any atom is -0.493 e. The van der Waals surface area contributed by atoms with Crippen molar-refractivity contribution in [3.8, 4) is 11.5 Å². The Labute approximate surface area is 153 Å². The first-order valence-corrected chi connectivity index (χ1v) is 9.22. The highest BCUT2D eigenvalue weighted by atomic mass is 16.5. The maximum absolute atomic E-state index is 12.4. The van der Waals surface area contributed by atoms with E-state index in [1.807, 2.05) is 30.3 Å². The molecule has 2 aromatic rings. The summed E-state index contributed by atoms with van der Waals surface area (Å²) in [5, 5.41) is 3.04. The number of carbonyl (C=O) groups excluding carboxylic acids is 1. The lowest BCUT2D eigenvalue weighted by Gasteiger charge is -2.19. The maximum Gasteiger partial charge on any atom is 0.234 e. The molecule has 4 rings (SSSR count). The van der Waals surface area contributed by atoms with Crippen LogP contribution in [-0.2, 0) is 24.3 Å². The monoisotopic (exact) mass is 352 g/mol. The van der Waals surface area contributed by atoms with Crippen LogP contribution in [0.2, 0.25) is 0 Å². The van der Waals surface area contributed by atoms with E-state index in [0.717, 1.165) is 55.2 Å². The molecule has 26 heavy (non-hydrogen) atoms. The van der Waals surface area contributed by atoms with Crippen LogP contribution < -0.4 is 14.8 Å². The van der Waals surface area contributed by atoms with Gasteiger partial charge in [0.2, 0.25) is 5.91 Å². The minimum atomic E-state index is 0.0401. The van der Waals surface area contributed by atoms with Crippen LogP contribution in [0.15, 0.2) is 42.5 Å². The van der Waals surface area contributed by atoms with E-state index in [-0.39, 0.29) is 5.91 Å². The summed E-state index contributed by atoms with van der Waals surface area (Å²) < 4.78 is 11.4. The SMILES string of the molecule is O=C(CN1CCOc2ccccc2C1)NCc1ccc2c(c1)CCCO2. The Hall–Kier alpha value is -2.53. The lowest BCUT2D eigenvalue weighted by Crippen LogP contribution is -2.37. The summed E-state index contributed by atoms with van der Waals surface area (Å²) >= 11 is 0. The highest BCUT2D eigenvalue weighted by Crippen LogP contribution is 2.25. The first-order chi connectivity index (χ1) is 12.8. The molecular formula is C21H24N2O3. The number of amides is 1. The number of fused-ring (bicyclic) bond motifs is 2. The number of ether oxygens (including phenoxy) is 2. The second-order valence-corrected chi connectivity index (χ2v) is 6.84. The molecular weight excluding hydrogens is 328 g/mol. The largest absolute Gasteiger partial charge is 0.493 e. The lowest BCUT2D eigenvalue weighted by atomic mass is 10.0. The molecule has 5 heteroatoms. The van der Waals surface area contributed by atoms with E-state index in [2.05, 4.69) is 22.3 Å². The van der Waals surface area contributed by atoms with Gasteiger partial charge in [-0.3, -0.25) is 9.69 Å². The Bertz CT molecular complexity index is 791. The molecule has 1 amide bonds. The van der Waals surface area contributed by atoms with Crippen LogP contribution >= 0.6 is 0 Å². The third-order valence-electron chi connectivity index (χ3n) is 4.86. The number of para-hydroxylation sites is 1. The molecule has 1 N–H and O–H groups in total. The van der Waals surface area contributed by atoms with Gasteiger partial charge in [0.05, 0.1) is 13.2 Å². The lowest BCUT2D eigenvalue weighted by molar-refractivity contribution is -0.122. The van der Waals surface area contributed by atoms with E-state index in [9.17, 15) is 4.79 Å². The zero-order valence-corrected chi connectivity index (χ0v) is 14.9. The van der Waals surface area contributed by atoms with E-state index < -0.39 is 0 Å². The Balaban J connectivity index is 1.31. The zero-order valence-electron chi connectivity index (χ0n) is 14.9. The Morgan fingerprint density at radius 2 is 1.88 bits per heavy atom. The molecule has 0 aromatic heterocycles. The number of rotatable bonds is 4. The average Bonchev–Trinajstić information content (AvgIpc) is 2.88. The highest BCUT2D eigenvalue weighted by Gasteiger charge is 2.17. The van der Waals surface area contributed by atoms with Crippen molar-refractivity contribution in [1.82, 2.24) is 10.2 Å². The number of benzene rings is 2. The smallest absolute Gasteiger partial charge is 0.234 e. The van der Waals surface area contributed by atoms with Gasteiger partial charge in [-0.1, -0.05) is 30.3 Å². The summed E-state index contributed by atoms with van der Waals surface area (Å²) in [4.78, 5) is 14.5. The van der Waals surface area contributed by atoms with E-state index in [0.29, 0.717) is 19.7 Å². The van der Waals surface area contributed by atoms with Crippen molar-refractivity contribution >= 4 is 5.91 Å². The molecule has 0 unspecified atom stereocenters. The number of nitrogens with zero attached hydrogens (tertiary/aromatic N) is 1. The van der Waals surface area contributed by atoms with E-state index in [1.54, 1.807) is 0 Å². The number of hydrogen-bond acceptors (Lipinski definition) is 4. The Morgan fingerprint density at radius 1 is 1.04 bits per heavy atom. The van der Waals surface area contributed by atoms with Gasteiger partial charge in [-0.2, -0.15) is 0 Å². The summed E-state index contributed by atoms with van der Waals surface area (Å²) in [6.45, 7) is 3.82. The first-order valence-electron chi connectivity index (χ1n) is 9.22. The molecule has 0 aliphatic carbocycles. The number of carbonyl (C=O) groups is 1. The summed E-state index contributed by atoms with van der Waals surface area (Å²) in [6, 6.07) is 14.2. The van der Waals surface area contributed by atoms with Gasteiger partial charge in [0.15, 0.2) is 0 Å². The van der Waals surface area contributed by atoms with Crippen LogP contribution in [0.3, 0.4) is 0 Å². The fraction of sp³-hybridized carbons (Fsp3) is 0.381. The summed E-state index contributed by atoms with van der Waals surface area (Å²) in [7, 11) is 0. The first kappa shape index (κ1) is 16.9. The van der Waals surface area contributed by atoms with Gasteiger partial charge in [-0.15, -0.1) is 0 Å². The van der Waals surface area contributed by atoms with E-state index in [4.69, 9.17) is 9.47 Å². The topological polar surface area (TPSA) is 50.8 Å². The standard InChI is InChI=1S/C21H24N2O3/c24-21(15-23-9-11-26-19-6-2-1-4-18(19)14-23)22-13-16-7-8-20-17(12-16)5-3-10-25-20/h1-2,4,6-8,12H,3,5,9-11,13-15H2,(H,22,24). The van der Waals surface area contributed by atoms with Crippen molar-refractivity contribution in [2.75, 3.05) is 26.3 Å². The molecule has 136 valence electrons. The highest BCUT2D eigenvalue weighted by molar-refractivity contribution is 5.78. The van der Waals surface area contributed by atoms with Crippen molar-refractivity contribution in [1.29, 1.82) is 0 Å². The number of nitrogens with one attached hydrogen (secondary N) is 1. The predicted octanol–water partition coefficient (Wildman–Crippen LogP) is 2.52. The van der Waals surface area contributed by atoms with E-state index >= 15 is 0 Å². The normalized spacial score (nSPS) is 16.5. The van der Waals surface area contributed by atoms with Gasteiger partial charge < -0.3 is 14.8 Å². The van der Waals surface area contributed by atoms with Gasteiger partial charge >= 0.3 is 0 Å². The molecule has 0 radical (unpaired) electrons. The number of hydrogen-bond donors (Lipinski definition) is 1. The fourth-order valence-corrected chi connectivity index (χ4v) is 3.50. The van der Waals surface area contributed by atoms with Crippen LogP contribution in [-0.4, -0.2) is 37.1 Å². The predicted molar refractivity (Wildman–Crippen MR) is 99.3 cm³/mol. The second kappa shape index (κ2) is 7.79. The summed E-state index contributed by atoms with van der Waals surface area (Å²) in [6.07, 6.45) is 2.10. The molecule has 0 fully saturated rings. The number of aryl methyl sites for hydroxylation is 1. The third-order valence-corrected chi connectivity index (χ3v) is 4.86. The van der Waals surface area contributed by atoms with Crippen LogP contribution in [0.25, 0.3) is 0 Å². The van der Waals surface area contributed by atoms with Crippen molar-refractivity contribution in [2.24, 2.45) is 0 Å². The Morgan fingerprint density at radius 3 is 2.85 bits per heavy atom. The average molecular weight is 352 g/mol. The Kier molecular flexibility index (Phi) is 5.07. The summed E-state index contributed by atoms with van der Waals surface area (Å²) in [5.74, 6) is 1.94.